The summed E-state index contributed by atoms with van der Waals surface area (Å²) in [6, 6.07) is 6.10. The zero-order valence-corrected chi connectivity index (χ0v) is 14.7. The smallest absolute Gasteiger partial charge is 0.220 e. The van der Waals surface area contributed by atoms with E-state index >= 15 is 0 Å². The minimum atomic E-state index is 0.126. The highest BCUT2D eigenvalue weighted by Gasteiger charge is 2.28. The van der Waals surface area contributed by atoms with Crippen molar-refractivity contribution in [2.75, 3.05) is 14.2 Å². The summed E-state index contributed by atoms with van der Waals surface area (Å²) < 4.78 is 10.7. The Balaban J connectivity index is 1.92. The largest absolute Gasteiger partial charge is 0.493 e. The van der Waals surface area contributed by atoms with Crippen LogP contribution in [0.2, 0.25) is 0 Å². The predicted octanol–water partition coefficient (Wildman–Crippen LogP) is 3.58. The minimum Gasteiger partial charge on any atom is -0.493 e. The molecule has 1 amide bonds. The summed E-state index contributed by atoms with van der Waals surface area (Å²) in [5.74, 6) is 2.80. The molecule has 0 unspecified atom stereocenters. The van der Waals surface area contributed by atoms with E-state index in [1.807, 2.05) is 18.2 Å². The van der Waals surface area contributed by atoms with Gasteiger partial charge in [0.15, 0.2) is 11.5 Å². The van der Waals surface area contributed by atoms with Crippen LogP contribution < -0.4 is 14.8 Å². The van der Waals surface area contributed by atoms with Crippen LogP contribution in [0, 0.1) is 11.8 Å². The standard InChI is InChI=1S/C19H29NO3/c1-13-7-5-9-16(14(13)2)20-18(21)12-11-15-8-6-10-17(22-3)19(15)23-4/h6,8,10,13-14,16H,5,7,9,11-12H2,1-4H3,(H,20,21)/t13-,14-,16-/m1/s1. The highest BCUT2D eigenvalue weighted by atomic mass is 16.5. The number of ether oxygens (including phenoxy) is 2. The topological polar surface area (TPSA) is 47.6 Å². The van der Waals surface area contributed by atoms with Crippen molar-refractivity contribution < 1.29 is 14.3 Å². The highest BCUT2D eigenvalue weighted by Crippen LogP contribution is 2.32. The lowest BCUT2D eigenvalue weighted by Gasteiger charge is -2.34. The number of methoxy groups -OCH3 is 2. The molecule has 0 saturated heterocycles. The first-order chi connectivity index (χ1) is 11.1. The van der Waals surface area contributed by atoms with E-state index in [1.54, 1.807) is 14.2 Å². The lowest BCUT2D eigenvalue weighted by molar-refractivity contribution is -0.122. The van der Waals surface area contributed by atoms with Crippen molar-refractivity contribution in [1.82, 2.24) is 5.32 Å². The van der Waals surface area contributed by atoms with Crippen LogP contribution in [0.5, 0.6) is 11.5 Å². The van der Waals surface area contributed by atoms with Gasteiger partial charge < -0.3 is 14.8 Å². The van der Waals surface area contributed by atoms with E-state index in [0.717, 1.165) is 17.7 Å². The summed E-state index contributed by atoms with van der Waals surface area (Å²) in [5.41, 5.74) is 1.01. The number of hydrogen-bond donors (Lipinski definition) is 1. The van der Waals surface area contributed by atoms with Crippen LogP contribution in [-0.4, -0.2) is 26.2 Å². The molecule has 0 aliphatic heterocycles. The van der Waals surface area contributed by atoms with Gasteiger partial charge in [-0.25, -0.2) is 0 Å². The maximum atomic E-state index is 12.3. The van der Waals surface area contributed by atoms with E-state index < -0.39 is 0 Å². The molecule has 1 N–H and O–H groups in total. The van der Waals surface area contributed by atoms with Gasteiger partial charge in [0.2, 0.25) is 5.91 Å². The molecule has 1 fully saturated rings. The Hall–Kier alpha value is -1.71. The Labute approximate surface area is 139 Å². The Morgan fingerprint density at radius 2 is 2.00 bits per heavy atom. The van der Waals surface area contributed by atoms with Gasteiger partial charge >= 0.3 is 0 Å². The number of amides is 1. The van der Waals surface area contributed by atoms with Crippen molar-refractivity contribution >= 4 is 5.91 Å². The second-order valence-electron chi connectivity index (χ2n) is 6.59. The first-order valence-electron chi connectivity index (χ1n) is 8.56. The zero-order valence-electron chi connectivity index (χ0n) is 14.7. The molecule has 2 rings (SSSR count). The van der Waals surface area contributed by atoms with Crippen LogP contribution in [0.15, 0.2) is 18.2 Å². The molecule has 0 heterocycles. The second-order valence-corrected chi connectivity index (χ2v) is 6.59. The van der Waals surface area contributed by atoms with E-state index in [0.29, 0.717) is 36.5 Å². The number of aryl methyl sites for hydroxylation is 1. The first kappa shape index (κ1) is 17.6. The van der Waals surface area contributed by atoms with Crippen LogP contribution >= 0.6 is 0 Å². The Morgan fingerprint density at radius 3 is 2.70 bits per heavy atom. The summed E-state index contributed by atoms with van der Waals surface area (Å²) in [4.78, 5) is 12.3. The van der Waals surface area contributed by atoms with Crippen LogP contribution in [-0.2, 0) is 11.2 Å². The van der Waals surface area contributed by atoms with Gasteiger partial charge in [-0.2, -0.15) is 0 Å². The van der Waals surface area contributed by atoms with Crippen LogP contribution in [0.25, 0.3) is 0 Å². The lowest BCUT2D eigenvalue weighted by atomic mass is 9.78. The fourth-order valence-corrected chi connectivity index (χ4v) is 3.46. The normalized spacial score (nSPS) is 24.1. The van der Waals surface area contributed by atoms with Gasteiger partial charge in [0.25, 0.3) is 0 Å². The molecule has 4 nitrogen and oxygen atoms in total. The molecule has 1 aromatic rings. The van der Waals surface area contributed by atoms with Crippen molar-refractivity contribution in [3.8, 4) is 11.5 Å². The van der Waals surface area contributed by atoms with Crippen LogP contribution in [0.4, 0.5) is 0 Å². The van der Waals surface area contributed by atoms with Gasteiger partial charge in [0.1, 0.15) is 0 Å². The fourth-order valence-electron chi connectivity index (χ4n) is 3.46. The van der Waals surface area contributed by atoms with E-state index in [9.17, 15) is 4.79 Å². The van der Waals surface area contributed by atoms with Gasteiger partial charge in [-0.3, -0.25) is 4.79 Å². The fraction of sp³-hybridized carbons (Fsp3) is 0.632. The number of para-hydroxylation sites is 1. The highest BCUT2D eigenvalue weighted by molar-refractivity contribution is 5.76. The minimum absolute atomic E-state index is 0.126. The summed E-state index contributed by atoms with van der Waals surface area (Å²) >= 11 is 0. The molecule has 23 heavy (non-hydrogen) atoms. The molecule has 0 spiro atoms. The second kappa shape index (κ2) is 8.23. The molecule has 3 atom stereocenters. The average Bonchev–Trinajstić information content (AvgIpc) is 2.56. The van der Waals surface area contributed by atoms with Crippen molar-refractivity contribution in [2.45, 2.75) is 52.0 Å². The molecular formula is C19H29NO3. The van der Waals surface area contributed by atoms with E-state index in [-0.39, 0.29) is 5.91 Å². The lowest BCUT2D eigenvalue weighted by Crippen LogP contribution is -2.43. The maximum absolute atomic E-state index is 12.3. The molecule has 128 valence electrons. The average molecular weight is 319 g/mol. The third kappa shape index (κ3) is 4.40. The molecular weight excluding hydrogens is 290 g/mol. The van der Waals surface area contributed by atoms with Crippen molar-refractivity contribution in [2.24, 2.45) is 11.8 Å². The van der Waals surface area contributed by atoms with Gasteiger partial charge in [-0.05, 0) is 36.3 Å². The summed E-state index contributed by atoms with van der Waals surface area (Å²) in [7, 11) is 3.26. The molecule has 0 aromatic heterocycles. The van der Waals surface area contributed by atoms with E-state index in [4.69, 9.17) is 9.47 Å². The van der Waals surface area contributed by atoms with Gasteiger partial charge in [0, 0.05) is 12.5 Å². The number of carbonyl (C=O) groups excluding carboxylic acids is 1. The quantitative estimate of drug-likeness (QED) is 0.872. The monoisotopic (exact) mass is 319 g/mol. The first-order valence-corrected chi connectivity index (χ1v) is 8.56. The number of nitrogens with one attached hydrogen (secondary N) is 1. The molecule has 1 aliphatic carbocycles. The Morgan fingerprint density at radius 1 is 1.22 bits per heavy atom. The number of carbonyl (C=O) groups is 1. The zero-order chi connectivity index (χ0) is 16.8. The SMILES string of the molecule is COc1cccc(CCC(=O)N[C@@H]2CCC[C@@H](C)[C@H]2C)c1OC. The third-order valence-corrected chi connectivity index (χ3v) is 5.16. The Bertz CT molecular complexity index is 529. The van der Waals surface area contributed by atoms with E-state index in [2.05, 4.69) is 19.2 Å². The summed E-state index contributed by atoms with van der Waals surface area (Å²) in [6.07, 6.45) is 4.71. The van der Waals surface area contributed by atoms with Gasteiger partial charge in [0.05, 0.1) is 14.2 Å². The molecule has 0 radical (unpaired) electrons. The number of benzene rings is 1. The van der Waals surface area contributed by atoms with Crippen molar-refractivity contribution in [1.29, 1.82) is 0 Å². The van der Waals surface area contributed by atoms with E-state index in [1.165, 1.54) is 12.8 Å². The van der Waals surface area contributed by atoms with Crippen molar-refractivity contribution in [3.05, 3.63) is 23.8 Å². The molecule has 0 bridgehead atoms. The van der Waals surface area contributed by atoms with Crippen molar-refractivity contribution in [3.63, 3.8) is 0 Å². The van der Waals surface area contributed by atoms with Gasteiger partial charge in [-0.15, -0.1) is 0 Å². The molecule has 1 aliphatic rings. The number of hydrogen-bond acceptors (Lipinski definition) is 3. The van der Waals surface area contributed by atoms with Gasteiger partial charge in [-0.1, -0.05) is 38.8 Å². The van der Waals surface area contributed by atoms with Crippen LogP contribution in [0.1, 0.15) is 45.1 Å². The predicted molar refractivity (Wildman–Crippen MR) is 92.0 cm³/mol. The number of rotatable bonds is 6. The molecule has 1 aromatic carbocycles. The maximum Gasteiger partial charge on any atom is 0.220 e. The molecule has 1 saturated carbocycles. The third-order valence-electron chi connectivity index (χ3n) is 5.16. The molecule has 4 heteroatoms. The summed E-state index contributed by atoms with van der Waals surface area (Å²) in [5, 5.41) is 3.22. The van der Waals surface area contributed by atoms with Crippen LogP contribution in [0.3, 0.4) is 0 Å². The Kier molecular flexibility index (Phi) is 6.31. The summed E-state index contributed by atoms with van der Waals surface area (Å²) in [6.45, 7) is 4.53.